The van der Waals surface area contributed by atoms with E-state index in [1.54, 1.807) is 18.9 Å². The molecule has 0 fully saturated rings. The fourth-order valence-electron chi connectivity index (χ4n) is 1.94. The van der Waals surface area contributed by atoms with Crippen LogP contribution in [0.5, 0.6) is 0 Å². The fourth-order valence-corrected chi connectivity index (χ4v) is 3.07. The summed E-state index contributed by atoms with van der Waals surface area (Å²) >= 11 is 0. The molecular formula is C13H19F2NO3S. The maximum Gasteiger partial charge on any atom is 0.148 e. The normalized spacial score (nSPS) is 15.3. The molecule has 7 heteroatoms. The van der Waals surface area contributed by atoms with Gasteiger partial charge in [-0.2, -0.15) is 0 Å². The second kappa shape index (κ2) is 6.60. The molecule has 2 unspecified atom stereocenters. The van der Waals surface area contributed by atoms with E-state index in [-0.39, 0.29) is 18.3 Å². The van der Waals surface area contributed by atoms with Gasteiger partial charge in [0.05, 0.1) is 17.4 Å². The molecule has 0 bridgehead atoms. The standard InChI is InChI=1S/C13H19F2NO3S/c1-9(8-20(3,18)19)16(2)7-12(17)13-10(14)5-4-6-11(13)15/h4-6,9,12,17H,7-8H2,1-3H3. The van der Waals surface area contributed by atoms with Crippen molar-refractivity contribution in [2.45, 2.75) is 19.1 Å². The second-order valence-electron chi connectivity index (χ2n) is 5.03. The molecule has 0 amide bonds. The monoisotopic (exact) mass is 307 g/mol. The first-order valence-corrected chi connectivity index (χ1v) is 8.18. The van der Waals surface area contributed by atoms with Crippen molar-refractivity contribution in [1.82, 2.24) is 4.90 Å². The van der Waals surface area contributed by atoms with E-state index in [2.05, 4.69) is 0 Å². The Morgan fingerprint density at radius 2 is 1.80 bits per heavy atom. The highest BCUT2D eigenvalue weighted by Crippen LogP contribution is 2.21. The lowest BCUT2D eigenvalue weighted by Gasteiger charge is -2.26. The Morgan fingerprint density at radius 3 is 2.25 bits per heavy atom. The number of halogens is 2. The predicted octanol–water partition coefficient (Wildman–Crippen LogP) is 1.36. The van der Waals surface area contributed by atoms with Gasteiger partial charge in [0, 0.05) is 18.8 Å². The van der Waals surface area contributed by atoms with Crippen LogP contribution < -0.4 is 0 Å². The summed E-state index contributed by atoms with van der Waals surface area (Å²) in [5, 5.41) is 9.93. The summed E-state index contributed by atoms with van der Waals surface area (Å²) in [6.07, 6.45) is -0.243. The van der Waals surface area contributed by atoms with E-state index in [1.165, 1.54) is 6.07 Å². The van der Waals surface area contributed by atoms with Gasteiger partial charge in [-0.3, -0.25) is 4.90 Å². The van der Waals surface area contributed by atoms with Gasteiger partial charge in [0.1, 0.15) is 21.5 Å². The number of nitrogens with zero attached hydrogens (tertiary/aromatic N) is 1. The number of rotatable bonds is 6. The number of aliphatic hydroxyl groups excluding tert-OH is 1. The lowest BCUT2D eigenvalue weighted by Crippen LogP contribution is -2.37. The summed E-state index contributed by atoms with van der Waals surface area (Å²) in [7, 11) is -1.56. The van der Waals surface area contributed by atoms with Gasteiger partial charge < -0.3 is 5.11 Å². The van der Waals surface area contributed by atoms with Crippen molar-refractivity contribution in [2.24, 2.45) is 0 Å². The van der Waals surface area contributed by atoms with Crippen LogP contribution in [0.15, 0.2) is 18.2 Å². The molecule has 0 spiro atoms. The van der Waals surface area contributed by atoms with E-state index in [4.69, 9.17) is 0 Å². The van der Waals surface area contributed by atoms with Gasteiger partial charge in [-0.25, -0.2) is 17.2 Å². The summed E-state index contributed by atoms with van der Waals surface area (Å²) in [6, 6.07) is 2.99. The van der Waals surface area contributed by atoms with Crippen molar-refractivity contribution in [1.29, 1.82) is 0 Å². The number of likely N-dealkylation sites (N-methyl/N-ethyl adjacent to an activating group) is 1. The van der Waals surface area contributed by atoms with Crippen molar-refractivity contribution in [3.8, 4) is 0 Å². The van der Waals surface area contributed by atoms with Gasteiger partial charge in [-0.15, -0.1) is 0 Å². The van der Waals surface area contributed by atoms with Gasteiger partial charge in [0.15, 0.2) is 0 Å². The first-order valence-electron chi connectivity index (χ1n) is 6.11. The van der Waals surface area contributed by atoms with Crippen LogP contribution in [-0.2, 0) is 9.84 Å². The van der Waals surface area contributed by atoms with E-state index in [9.17, 15) is 22.3 Å². The molecule has 1 rings (SSSR count). The molecule has 0 radical (unpaired) electrons. The topological polar surface area (TPSA) is 57.6 Å². The average Bonchev–Trinajstić information content (AvgIpc) is 2.26. The van der Waals surface area contributed by atoms with Crippen molar-refractivity contribution in [3.63, 3.8) is 0 Å². The van der Waals surface area contributed by atoms with Crippen LogP contribution >= 0.6 is 0 Å². The van der Waals surface area contributed by atoms with Crippen LogP contribution in [0.25, 0.3) is 0 Å². The fraction of sp³-hybridized carbons (Fsp3) is 0.538. The van der Waals surface area contributed by atoms with Crippen molar-refractivity contribution in [3.05, 3.63) is 35.4 Å². The van der Waals surface area contributed by atoms with Crippen LogP contribution in [0.4, 0.5) is 8.78 Å². The lowest BCUT2D eigenvalue weighted by atomic mass is 10.1. The SMILES string of the molecule is CC(CS(C)(=O)=O)N(C)CC(O)c1c(F)cccc1F. The lowest BCUT2D eigenvalue weighted by molar-refractivity contribution is 0.106. The first-order chi connectivity index (χ1) is 9.11. The minimum absolute atomic E-state index is 0.0610. The number of aliphatic hydroxyl groups is 1. The third-order valence-electron chi connectivity index (χ3n) is 3.09. The molecule has 0 aliphatic rings. The highest BCUT2D eigenvalue weighted by Gasteiger charge is 2.22. The van der Waals surface area contributed by atoms with Crippen molar-refractivity contribution < 1.29 is 22.3 Å². The summed E-state index contributed by atoms with van der Waals surface area (Å²) in [5.41, 5.74) is -0.397. The highest BCUT2D eigenvalue weighted by molar-refractivity contribution is 7.90. The van der Waals surface area contributed by atoms with Gasteiger partial charge in [-0.05, 0) is 26.1 Å². The number of sulfone groups is 1. The molecular weight excluding hydrogens is 288 g/mol. The second-order valence-corrected chi connectivity index (χ2v) is 7.22. The van der Waals surface area contributed by atoms with Crippen LogP contribution in [-0.4, -0.2) is 50.1 Å². The van der Waals surface area contributed by atoms with Gasteiger partial charge in [-0.1, -0.05) is 6.07 Å². The Hall–Kier alpha value is -1.05. The largest absolute Gasteiger partial charge is 0.387 e. The molecule has 2 atom stereocenters. The molecule has 4 nitrogen and oxygen atoms in total. The summed E-state index contributed by atoms with van der Waals surface area (Å²) in [6.45, 7) is 1.61. The average molecular weight is 307 g/mol. The highest BCUT2D eigenvalue weighted by atomic mass is 32.2. The number of hydrogen-bond donors (Lipinski definition) is 1. The number of hydrogen-bond acceptors (Lipinski definition) is 4. The Labute approximate surface area is 117 Å². The van der Waals surface area contributed by atoms with Crippen LogP contribution in [0, 0.1) is 11.6 Å². The molecule has 0 saturated heterocycles. The maximum absolute atomic E-state index is 13.5. The molecule has 1 aromatic rings. The Kier molecular flexibility index (Phi) is 5.61. The molecule has 0 saturated carbocycles. The molecule has 0 aliphatic heterocycles. The Morgan fingerprint density at radius 1 is 1.30 bits per heavy atom. The van der Waals surface area contributed by atoms with Crippen LogP contribution in [0.2, 0.25) is 0 Å². The third kappa shape index (κ3) is 4.81. The minimum atomic E-state index is -3.16. The van der Waals surface area contributed by atoms with Crippen LogP contribution in [0.1, 0.15) is 18.6 Å². The van der Waals surface area contributed by atoms with E-state index in [1.807, 2.05) is 0 Å². The smallest absolute Gasteiger partial charge is 0.148 e. The molecule has 1 aromatic carbocycles. The summed E-state index contributed by atoms with van der Waals surface area (Å²) < 4.78 is 49.4. The zero-order valence-electron chi connectivity index (χ0n) is 11.7. The van der Waals surface area contributed by atoms with Crippen LogP contribution in [0.3, 0.4) is 0 Å². The van der Waals surface area contributed by atoms with Crippen molar-refractivity contribution in [2.75, 3.05) is 25.6 Å². The summed E-state index contributed by atoms with van der Waals surface area (Å²) in [4.78, 5) is 1.55. The molecule has 0 heterocycles. The molecule has 0 aliphatic carbocycles. The zero-order chi connectivity index (χ0) is 15.5. The van der Waals surface area contributed by atoms with Gasteiger partial charge >= 0.3 is 0 Å². The van der Waals surface area contributed by atoms with Gasteiger partial charge in [0.2, 0.25) is 0 Å². The Balaban J connectivity index is 2.78. The van der Waals surface area contributed by atoms with E-state index < -0.39 is 33.1 Å². The number of benzene rings is 1. The maximum atomic E-state index is 13.5. The molecule has 20 heavy (non-hydrogen) atoms. The first kappa shape index (κ1) is 17.0. The molecule has 114 valence electrons. The van der Waals surface area contributed by atoms with E-state index >= 15 is 0 Å². The molecule has 1 N–H and O–H groups in total. The third-order valence-corrected chi connectivity index (χ3v) is 4.18. The Bertz CT molecular complexity index is 542. The van der Waals surface area contributed by atoms with Crippen molar-refractivity contribution >= 4 is 9.84 Å². The summed E-state index contributed by atoms with van der Waals surface area (Å²) in [5.74, 6) is -1.72. The zero-order valence-corrected chi connectivity index (χ0v) is 12.5. The minimum Gasteiger partial charge on any atom is -0.387 e. The predicted molar refractivity (Wildman–Crippen MR) is 73.1 cm³/mol. The van der Waals surface area contributed by atoms with E-state index in [0.717, 1.165) is 18.4 Å². The molecule has 0 aromatic heterocycles. The quantitative estimate of drug-likeness (QED) is 0.862. The van der Waals surface area contributed by atoms with Gasteiger partial charge in [0.25, 0.3) is 0 Å². The van der Waals surface area contributed by atoms with E-state index in [0.29, 0.717) is 0 Å².